The van der Waals surface area contributed by atoms with Crippen molar-refractivity contribution in [3.63, 3.8) is 0 Å². The van der Waals surface area contributed by atoms with Crippen LogP contribution in [0.4, 0.5) is 39.0 Å². The molecule has 0 aliphatic carbocycles. The molecule has 13 heteroatoms. The molecular formula is C21H18F5N3O5. The predicted molar refractivity (Wildman–Crippen MR) is 109 cm³/mol. The fourth-order valence-electron chi connectivity index (χ4n) is 3.64. The first kappa shape index (κ1) is 24.9. The van der Waals surface area contributed by atoms with Gasteiger partial charge in [0.15, 0.2) is 0 Å². The summed E-state index contributed by atoms with van der Waals surface area (Å²) in [5.74, 6) is -4.59. The van der Waals surface area contributed by atoms with Crippen LogP contribution < -0.4 is 10.2 Å². The van der Waals surface area contributed by atoms with E-state index in [-0.39, 0.29) is 31.6 Å². The molecule has 0 atom stereocenters. The van der Waals surface area contributed by atoms with Crippen LogP contribution in [0, 0.1) is 27.7 Å². The lowest BCUT2D eigenvalue weighted by Gasteiger charge is -2.32. The number of anilines is 2. The van der Waals surface area contributed by atoms with Crippen LogP contribution in [0.5, 0.6) is 0 Å². The van der Waals surface area contributed by atoms with Crippen LogP contribution in [-0.4, -0.2) is 37.0 Å². The van der Waals surface area contributed by atoms with Gasteiger partial charge in [0.1, 0.15) is 17.3 Å². The minimum absolute atomic E-state index is 0.0100. The summed E-state index contributed by atoms with van der Waals surface area (Å²) in [4.78, 5) is 36.1. The SMILES string of the molecule is COC(=O)c1cc(NC(=O)C2CCN(c3ccc(C(F)(F)F)cc3[N+](=O)[O-])CC2)c(F)cc1F. The standard InChI is InChI=1S/C21H18F5N3O5/c1-34-20(31)13-9-16(15(23)10-14(13)22)27-19(30)11-4-6-28(7-5-11)17-3-2-12(21(24,25)26)8-18(17)29(32)33/h2-3,8-11H,4-7H2,1H3,(H,27,30). The number of rotatable bonds is 5. The largest absolute Gasteiger partial charge is 0.465 e. The Morgan fingerprint density at radius 2 is 1.76 bits per heavy atom. The zero-order valence-electron chi connectivity index (χ0n) is 17.6. The Bertz CT molecular complexity index is 1130. The minimum atomic E-state index is -4.74. The molecule has 0 aromatic heterocycles. The molecule has 1 heterocycles. The highest BCUT2D eigenvalue weighted by molar-refractivity contribution is 5.96. The molecule has 0 saturated carbocycles. The number of esters is 1. The number of nitro groups is 1. The predicted octanol–water partition coefficient (Wildman–Crippen LogP) is 4.53. The maximum Gasteiger partial charge on any atom is 0.416 e. The number of piperidine rings is 1. The minimum Gasteiger partial charge on any atom is -0.465 e. The molecule has 2 aromatic rings. The van der Waals surface area contributed by atoms with Gasteiger partial charge in [-0.25, -0.2) is 13.6 Å². The second-order valence-electron chi connectivity index (χ2n) is 7.51. The number of nitro benzene ring substituents is 1. The molecule has 2 aromatic carbocycles. The zero-order chi connectivity index (χ0) is 25.2. The number of methoxy groups -OCH3 is 1. The van der Waals surface area contributed by atoms with Gasteiger partial charge in [-0.15, -0.1) is 0 Å². The summed E-state index contributed by atoms with van der Waals surface area (Å²) in [6.07, 6.45) is -4.41. The Kier molecular flexibility index (Phi) is 7.03. The lowest BCUT2D eigenvalue weighted by molar-refractivity contribution is -0.384. The van der Waals surface area contributed by atoms with E-state index in [0.29, 0.717) is 12.1 Å². The highest BCUT2D eigenvalue weighted by atomic mass is 19.4. The fourth-order valence-corrected chi connectivity index (χ4v) is 3.64. The molecule has 1 aliphatic heterocycles. The molecule has 182 valence electrons. The summed E-state index contributed by atoms with van der Waals surface area (Å²) >= 11 is 0. The topological polar surface area (TPSA) is 102 Å². The summed E-state index contributed by atoms with van der Waals surface area (Å²) in [6.45, 7) is 0.229. The lowest BCUT2D eigenvalue weighted by Crippen LogP contribution is -2.38. The second-order valence-corrected chi connectivity index (χ2v) is 7.51. The Morgan fingerprint density at radius 1 is 1.12 bits per heavy atom. The normalized spacial score (nSPS) is 14.6. The average Bonchev–Trinajstić information content (AvgIpc) is 2.79. The van der Waals surface area contributed by atoms with Crippen LogP contribution in [0.3, 0.4) is 0 Å². The van der Waals surface area contributed by atoms with Gasteiger partial charge < -0.3 is 15.0 Å². The molecule has 1 saturated heterocycles. The number of hydrogen-bond acceptors (Lipinski definition) is 6. The fraction of sp³-hybridized carbons (Fsp3) is 0.333. The molecule has 3 rings (SSSR count). The molecule has 0 radical (unpaired) electrons. The molecule has 0 bridgehead atoms. The third kappa shape index (κ3) is 5.24. The van der Waals surface area contributed by atoms with E-state index in [2.05, 4.69) is 10.1 Å². The Morgan fingerprint density at radius 3 is 2.32 bits per heavy atom. The monoisotopic (exact) mass is 487 g/mol. The molecular weight excluding hydrogens is 469 g/mol. The van der Waals surface area contributed by atoms with Gasteiger partial charge in [0.2, 0.25) is 5.91 Å². The van der Waals surface area contributed by atoms with E-state index in [0.717, 1.165) is 25.3 Å². The first-order chi connectivity index (χ1) is 15.9. The van der Waals surface area contributed by atoms with Gasteiger partial charge in [-0.3, -0.25) is 14.9 Å². The van der Waals surface area contributed by atoms with Gasteiger partial charge in [0, 0.05) is 31.1 Å². The number of ether oxygens (including phenoxy) is 1. The molecule has 1 fully saturated rings. The Hall–Kier alpha value is -3.77. The van der Waals surface area contributed by atoms with Gasteiger partial charge in [0.25, 0.3) is 5.69 Å². The average molecular weight is 487 g/mol. The van der Waals surface area contributed by atoms with Crippen molar-refractivity contribution in [3.8, 4) is 0 Å². The van der Waals surface area contributed by atoms with Gasteiger partial charge in [-0.05, 0) is 31.0 Å². The van der Waals surface area contributed by atoms with Crippen molar-refractivity contribution >= 4 is 28.9 Å². The van der Waals surface area contributed by atoms with E-state index >= 15 is 0 Å². The molecule has 1 amide bonds. The third-order valence-electron chi connectivity index (χ3n) is 5.43. The van der Waals surface area contributed by atoms with Gasteiger partial charge in [-0.2, -0.15) is 13.2 Å². The molecule has 34 heavy (non-hydrogen) atoms. The number of amides is 1. The van der Waals surface area contributed by atoms with E-state index in [1.165, 1.54) is 4.90 Å². The highest BCUT2D eigenvalue weighted by Gasteiger charge is 2.35. The first-order valence-electron chi connectivity index (χ1n) is 9.91. The van der Waals surface area contributed by atoms with Crippen molar-refractivity contribution in [2.24, 2.45) is 5.92 Å². The molecule has 0 spiro atoms. The lowest BCUT2D eigenvalue weighted by atomic mass is 9.95. The maximum atomic E-state index is 14.1. The number of nitrogens with one attached hydrogen (secondary N) is 1. The van der Waals surface area contributed by atoms with Gasteiger partial charge >= 0.3 is 12.1 Å². The van der Waals surface area contributed by atoms with Crippen molar-refractivity contribution in [2.75, 3.05) is 30.4 Å². The van der Waals surface area contributed by atoms with E-state index in [1.807, 2.05) is 0 Å². The summed E-state index contributed by atoms with van der Waals surface area (Å²) < 4.78 is 71.0. The van der Waals surface area contributed by atoms with Crippen LogP contribution in [0.2, 0.25) is 0 Å². The number of carbonyl (C=O) groups is 2. The molecule has 1 aliphatic rings. The molecule has 0 unspecified atom stereocenters. The second kappa shape index (κ2) is 9.61. The van der Waals surface area contributed by atoms with Crippen molar-refractivity contribution in [1.82, 2.24) is 0 Å². The number of benzene rings is 2. The van der Waals surface area contributed by atoms with Crippen LogP contribution in [0.1, 0.15) is 28.8 Å². The number of hydrogen-bond donors (Lipinski definition) is 1. The van der Waals surface area contributed by atoms with Crippen LogP contribution >= 0.6 is 0 Å². The van der Waals surface area contributed by atoms with Gasteiger partial charge in [-0.1, -0.05) is 0 Å². The van der Waals surface area contributed by atoms with E-state index in [4.69, 9.17) is 0 Å². The highest BCUT2D eigenvalue weighted by Crippen LogP contribution is 2.38. The molecule has 1 N–H and O–H groups in total. The van der Waals surface area contributed by atoms with E-state index in [9.17, 15) is 41.7 Å². The van der Waals surface area contributed by atoms with Crippen LogP contribution in [0.15, 0.2) is 30.3 Å². The maximum absolute atomic E-state index is 14.1. The quantitative estimate of drug-likeness (QED) is 0.288. The van der Waals surface area contributed by atoms with Crippen LogP contribution in [0.25, 0.3) is 0 Å². The Balaban J connectivity index is 1.72. The van der Waals surface area contributed by atoms with E-state index in [1.54, 1.807) is 0 Å². The summed E-state index contributed by atoms with van der Waals surface area (Å²) in [7, 11) is 1.01. The zero-order valence-corrected chi connectivity index (χ0v) is 17.6. The van der Waals surface area contributed by atoms with Crippen molar-refractivity contribution in [1.29, 1.82) is 0 Å². The summed E-state index contributed by atoms with van der Waals surface area (Å²) in [5.41, 5.74) is -2.85. The van der Waals surface area contributed by atoms with Gasteiger partial charge in [0.05, 0.1) is 28.8 Å². The Labute approximate surface area is 189 Å². The van der Waals surface area contributed by atoms with Crippen molar-refractivity contribution < 1.29 is 41.2 Å². The number of carbonyl (C=O) groups excluding carboxylic acids is 2. The first-order valence-corrected chi connectivity index (χ1v) is 9.91. The van der Waals surface area contributed by atoms with Crippen molar-refractivity contribution in [3.05, 3.63) is 63.2 Å². The van der Waals surface area contributed by atoms with Crippen LogP contribution in [-0.2, 0) is 15.7 Å². The number of alkyl halides is 3. The third-order valence-corrected chi connectivity index (χ3v) is 5.43. The van der Waals surface area contributed by atoms with E-state index < -0.39 is 63.0 Å². The van der Waals surface area contributed by atoms with Crippen molar-refractivity contribution in [2.45, 2.75) is 19.0 Å². The number of halogens is 5. The smallest absolute Gasteiger partial charge is 0.416 e. The summed E-state index contributed by atoms with van der Waals surface area (Å²) in [6, 6.07) is 3.48. The summed E-state index contributed by atoms with van der Waals surface area (Å²) in [5, 5.41) is 13.6. The number of nitrogens with zero attached hydrogens (tertiary/aromatic N) is 2. The molecule has 8 nitrogen and oxygen atoms in total.